The molecule has 2 unspecified atom stereocenters. The second-order valence-electron chi connectivity index (χ2n) is 4.46. The first-order chi connectivity index (χ1) is 7.61. The normalized spacial score (nSPS) is 29.3. The highest BCUT2D eigenvalue weighted by atomic mass is 19.1. The standard InChI is InChI=1S/C12H16FNO2/c13-9-2-1-3-10(6-9)16-11-4-5-12(14,7-11)8-15/h1-3,6,11,15H,4-5,7-8,14H2. The fourth-order valence-corrected chi connectivity index (χ4v) is 2.08. The predicted molar refractivity (Wildman–Crippen MR) is 58.7 cm³/mol. The van der Waals surface area contributed by atoms with E-state index in [1.165, 1.54) is 12.1 Å². The largest absolute Gasteiger partial charge is 0.490 e. The second kappa shape index (κ2) is 4.39. The van der Waals surface area contributed by atoms with E-state index in [1.807, 2.05) is 0 Å². The van der Waals surface area contributed by atoms with Crippen LogP contribution in [0, 0.1) is 5.82 Å². The Hall–Kier alpha value is -1.13. The molecule has 1 aliphatic rings. The van der Waals surface area contributed by atoms with Gasteiger partial charge in [-0.1, -0.05) is 6.07 Å². The van der Waals surface area contributed by atoms with E-state index in [0.29, 0.717) is 12.2 Å². The highest BCUT2D eigenvalue weighted by Gasteiger charge is 2.36. The highest BCUT2D eigenvalue weighted by Crippen LogP contribution is 2.30. The summed E-state index contributed by atoms with van der Waals surface area (Å²) >= 11 is 0. The van der Waals surface area contributed by atoms with Gasteiger partial charge in [0.1, 0.15) is 17.7 Å². The van der Waals surface area contributed by atoms with Crippen molar-refractivity contribution in [2.45, 2.75) is 30.9 Å². The van der Waals surface area contributed by atoms with Crippen molar-refractivity contribution in [1.29, 1.82) is 0 Å². The molecule has 0 spiro atoms. The van der Waals surface area contributed by atoms with Gasteiger partial charge in [0.25, 0.3) is 0 Å². The van der Waals surface area contributed by atoms with Crippen LogP contribution in [0.25, 0.3) is 0 Å². The number of benzene rings is 1. The zero-order chi connectivity index (χ0) is 11.6. The van der Waals surface area contributed by atoms with Crippen molar-refractivity contribution in [2.24, 2.45) is 5.73 Å². The molecule has 0 aliphatic heterocycles. The summed E-state index contributed by atoms with van der Waals surface area (Å²) in [4.78, 5) is 0. The van der Waals surface area contributed by atoms with E-state index in [9.17, 15) is 4.39 Å². The van der Waals surface area contributed by atoms with Gasteiger partial charge in [-0.2, -0.15) is 0 Å². The number of halogens is 1. The molecule has 2 rings (SSSR count). The Kier molecular flexibility index (Phi) is 3.12. The summed E-state index contributed by atoms with van der Waals surface area (Å²) < 4.78 is 18.5. The third-order valence-electron chi connectivity index (χ3n) is 3.01. The van der Waals surface area contributed by atoms with Crippen molar-refractivity contribution in [3.05, 3.63) is 30.1 Å². The molecular formula is C12H16FNO2. The van der Waals surface area contributed by atoms with Gasteiger partial charge in [-0.15, -0.1) is 0 Å². The lowest BCUT2D eigenvalue weighted by molar-refractivity contribution is 0.165. The zero-order valence-electron chi connectivity index (χ0n) is 9.03. The van der Waals surface area contributed by atoms with E-state index in [1.54, 1.807) is 12.1 Å². The fourth-order valence-electron chi connectivity index (χ4n) is 2.08. The van der Waals surface area contributed by atoms with Crippen molar-refractivity contribution in [3.63, 3.8) is 0 Å². The Balaban J connectivity index is 1.97. The minimum Gasteiger partial charge on any atom is -0.490 e. The molecule has 1 fully saturated rings. The first-order valence-electron chi connectivity index (χ1n) is 5.43. The minimum atomic E-state index is -0.530. The molecule has 0 saturated heterocycles. The van der Waals surface area contributed by atoms with E-state index in [2.05, 4.69) is 0 Å². The molecule has 2 atom stereocenters. The Morgan fingerprint density at radius 2 is 2.38 bits per heavy atom. The van der Waals surface area contributed by atoms with Crippen LogP contribution in [0.5, 0.6) is 5.75 Å². The van der Waals surface area contributed by atoms with Crippen LogP contribution in [0.15, 0.2) is 24.3 Å². The average Bonchev–Trinajstić information content (AvgIpc) is 2.61. The number of aliphatic hydroxyl groups excluding tert-OH is 1. The molecule has 1 aromatic carbocycles. The molecule has 0 bridgehead atoms. The van der Waals surface area contributed by atoms with Gasteiger partial charge in [0.15, 0.2) is 0 Å². The summed E-state index contributed by atoms with van der Waals surface area (Å²) in [6.45, 7) is -0.0317. The first kappa shape index (κ1) is 11.4. The summed E-state index contributed by atoms with van der Waals surface area (Å²) in [5.41, 5.74) is 5.40. The van der Waals surface area contributed by atoms with Crippen LogP contribution in [0.4, 0.5) is 4.39 Å². The Morgan fingerprint density at radius 1 is 1.56 bits per heavy atom. The molecule has 1 aromatic rings. The lowest BCUT2D eigenvalue weighted by atomic mass is 10.0. The van der Waals surface area contributed by atoms with Gasteiger partial charge in [0, 0.05) is 18.0 Å². The lowest BCUT2D eigenvalue weighted by Crippen LogP contribution is -2.41. The molecule has 3 nitrogen and oxygen atoms in total. The monoisotopic (exact) mass is 225 g/mol. The smallest absolute Gasteiger partial charge is 0.126 e. The van der Waals surface area contributed by atoms with Crippen LogP contribution < -0.4 is 10.5 Å². The van der Waals surface area contributed by atoms with Crippen molar-refractivity contribution >= 4 is 0 Å². The SMILES string of the molecule is NC1(CO)CCC(Oc2cccc(F)c2)C1. The maximum Gasteiger partial charge on any atom is 0.126 e. The van der Waals surface area contributed by atoms with E-state index in [0.717, 1.165) is 12.8 Å². The molecule has 0 radical (unpaired) electrons. The molecule has 4 heteroatoms. The molecule has 0 amide bonds. The molecule has 1 aliphatic carbocycles. The second-order valence-corrected chi connectivity index (χ2v) is 4.46. The third kappa shape index (κ3) is 2.51. The van der Waals surface area contributed by atoms with Crippen LogP contribution >= 0.6 is 0 Å². The molecule has 1 saturated carbocycles. The van der Waals surface area contributed by atoms with E-state index < -0.39 is 5.54 Å². The Labute approximate surface area is 94.0 Å². The van der Waals surface area contributed by atoms with Gasteiger partial charge in [-0.05, 0) is 25.0 Å². The number of rotatable bonds is 3. The van der Waals surface area contributed by atoms with Crippen LogP contribution in [0.3, 0.4) is 0 Å². The van der Waals surface area contributed by atoms with Gasteiger partial charge in [0.05, 0.1) is 6.61 Å². The van der Waals surface area contributed by atoms with Crippen LogP contribution in [0.2, 0.25) is 0 Å². The molecule has 0 heterocycles. The van der Waals surface area contributed by atoms with E-state index >= 15 is 0 Å². The average molecular weight is 225 g/mol. The quantitative estimate of drug-likeness (QED) is 0.818. The molecule has 3 N–H and O–H groups in total. The van der Waals surface area contributed by atoms with Crippen molar-refractivity contribution in [3.8, 4) is 5.75 Å². The van der Waals surface area contributed by atoms with Gasteiger partial charge >= 0.3 is 0 Å². The summed E-state index contributed by atoms with van der Waals surface area (Å²) in [7, 11) is 0. The molecule has 0 aromatic heterocycles. The van der Waals surface area contributed by atoms with Crippen LogP contribution in [0.1, 0.15) is 19.3 Å². The van der Waals surface area contributed by atoms with Crippen molar-refractivity contribution < 1.29 is 14.2 Å². The van der Waals surface area contributed by atoms with E-state index in [4.69, 9.17) is 15.6 Å². The summed E-state index contributed by atoms with van der Waals surface area (Å²) in [5, 5.41) is 9.11. The van der Waals surface area contributed by atoms with Crippen molar-refractivity contribution in [2.75, 3.05) is 6.61 Å². The van der Waals surface area contributed by atoms with Gasteiger partial charge in [-0.25, -0.2) is 4.39 Å². The van der Waals surface area contributed by atoms with Crippen LogP contribution in [-0.2, 0) is 0 Å². The van der Waals surface area contributed by atoms with E-state index in [-0.39, 0.29) is 18.5 Å². The predicted octanol–water partition coefficient (Wildman–Crippen LogP) is 1.45. The molecule has 88 valence electrons. The molecule has 16 heavy (non-hydrogen) atoms. The fraction of sp³-hybridized carbons (Fsp3) is 0.500. The Morgan fingerprint density at radius 3 is 3.00 bits per heavy atom. The molecular weight excluding hydrogens is 209 g/mol. The number of nitrogens with two attached hydrogens (primary N) is 1. The zero-order valence-corrected chi connectivity index (χ0v) is 9.03. The Bertz CT molecular complexity index is 372. The van der Waals surface area contributed by atoms with Gasteiger partial charge in [-0.3, -0.25) is 0 Å². The third-order valence-corrected chi connectivity index (χ3v) is 3.01. The number of aliphatic hydroxyl groups is 1. The number of ether oxygens (including phenoxy) is 1. The van der Waals surface area contributed by atoms with Crippen LogP contribution in [-0.4, -0.2) is 23.4 Å². The highest BCUT2D eigenvalue weighted by molar-refractivity contribution is 5.23. The summed E-state index contributed by atoms with van der Waals surface area (Å²) in [6.07, 6.45) is 2.12. The minimum absolute atomic E-state index is 0.0288. The number of hydrogen-bond acceptors (Lipinski definition) is 3. The first-order valence-corrected chi connectivity index (χ1v) is 5.43. The maximum absolute atomic E-state index is 12.9. The lowest BCUT2D eigenvalue weighted by Gasteiger charge is -2.20. The van der Waals surface area contributed by atoms with Gasteiger partial charge < -0.3 is 15.6 Å². The van der Waals surface area contributed by atoms with Crippen molar-refractivity contribution in [1.82, 2.24) is 0 Å². The topological polar surface area (TPSA) is 55.5 Å². The van der Waals surface area contributed by atoms with Gasteiger partial charge in [0.2, 0.25) is 0 Å². The summed E-state index contributed by atoms with van der Waals surface area (Å²) in [6, 6.07) is 6.07. The maximum atomic E-state index is 12.9. The number of hydrogen-bond donors (Lipinski definition) is 2. The summed E-state index contributed by atoms with van der Waals surface area (Å²) in [5.74, 6) is 0.212.